The molecule has 0 spiro atoms. The van der Waals surface area contributed by atoms with Crippen molar-refractivity contribution in [2.45, 2.75) is 45.0 Å². The van der Waals surface area contributed by atoms with Crippen molar-refractivity contribution in [1.29, 1.82) is 0 Å². The largest absolute Gasteiger partial charge is 0.444 e. The van der Waals surface area contributed by atoms with Crippen LogP contribution in [0.4, 0.5) is 4.79 Å². The van der Waals surface area contributed by atoms with Crippen molar-refractivity contribution in [3.05, 3.63) is 35.9 Å². The van der Waals surface area contributed by atoms with E-state index in [0.29, 0.717) is 32.9 Å². The summed E-state index contributed by atoms with van der Waals surface area (Å²) in [6.45, 7) is 8.26. The first kappa shape index (κ1) is 20.7. The molecule has 6 heteroatoms. The lowest BCUT2D eigenvalue weighted by molar-refractivity contribution is -0.114. The average molecular weight is 365 g/mol. The Balaban J connectivity index is 2.04. The van der Waals surface area contributed by atoms with Gasteiger partial charge in [0.05, 0.1) is 13.2 Å². The van der Waals surface area contributed by atoms with E-state index in [4.69, 9.17) is 18.9 Å². The normalized spacial score (nSPS) is 19.2. The van der Waals surface area contributed by atoms with Gasteiger partial charge in [-0.15, -0.1) is 0 Å². The van der Waals surface area contributed by atoms with Crippen molar-refractivity contribution in [2.24, 2.45) is 0 Å². The highest BCUT2D eigenvalue weighted by Gasteiger charge is 2.33. The highest BCUT2D eigenvalue weighted by Crippen LogP contribution is 2.27. The standard InChI is InChI=1S/C20H31NO5/c1-20(2,3)26-19(22)21-11-14-24-17(15-21)18(25-13-8-12-23-4)16-9-6-5-7-10-16/h5-7,9-10,17-18H,8,11-15H2,1-4H3. The number of carbonyl (C=O) groups is 1. The van der Waals surface area contributed by atoms with Gasteiger partial charge in [-0.25, -0.2) is 4.79 Å². The van der Waals surface area contributed by atoms with E-state index in [9.17, 15) is 4.79 Å². The lowest BCUT2D eigenvalue weighted by Gasteiger charge is -2.37. The molecule has 0 aliphatic carbocycles. The van der Waals surface area contributed by atoms with Crippen LogP contribution in [0.1, 0.15) is 38.9 Å². The van der Waals surface area contributed by atoms with Gasteiger partial charge in [0.1, 0.15) is 17.8 Å². The van der Waals surface area contributed by atoms with Crippen LogP contribution in [0.5, 0.6) is 0 Å². The summed E-state index contributed by atoms with van der Waals surface area (Å²) in [5.41, 5.74) is 0.529. The zero-order chi connectivity index (χ0) is 19.0. The quantitative estimate of drug-likeness (QED) is 0.693. The fourth-order valence-electron chi connectivity index (χ4n) is 2.83. The Morgan fingerprint density at radius 2 is 2.00 bits per heavy atom. The lowest BCUT2D eigenvalue weighted by Crippen LogP contribution is -2.49. The predicted molar refractivity (Wildman–Crippen MR) is 99.2 cm³/mol. The number of nitrogens with zero attached hydrogens (tertiary/aromatic N) is 1. The molecule has 1 saturated heterocycles. The highest BCUT2D eigenvalue weighted by molar-refractivity contribution is 5.68. The second kappa shape index (κ2) is 9.90. The van der Waals surface area contributed by atoms with Crippen molar-refractivity contribution >= 4 is 6.09 Å². The average Bonchev–Trinajstić information content (AvgIpc) is 2.61. The van der Waals surface area contributed by atoms with Gasteiger partial charge in [0.25, 0.3) is 0 Å². The number of hydrogen-bond acceptors (Lipinski definition) is 5. The summed E-state index contributed by atoms with van der Waals surface area (Å²) in [6, 6.07) is 9.98. The van der Waals surface area contributed by atoms with Crippen molar-refractivity contribution in [1.82, 2.24) is 4.90 Å². The summed E-state index contributed by atoms with van der Waals surface area (Å²) in [5.74, 6) is 0. The Hall–Kier alpha value is -1.63. The third-order valence-electron chi connectivity index (χ3n) is 4.00. The number of rotatable bonds is 7. The van der Waals surface area contributed by atoms with Crippen molar-refractivity contribution in [3.8, 4) is 0 Å². The van der Waals surface area contributed by atoms with Gasteiger partial charge < -0.3 is 23.8 Å². The molecule has 0 saturated carbocycles. The molecule has 0 radical (unpaired) electrons. The van der Waals surface area contributed by atoms with Gasteiger partial charge in [-0.3, -0.25) is 0 Å². The fourth-order valence-corrected chi connectivity index (χ4v) is 2.83. The maximum absolute atomic E-state index is 12.4. The van der Waals surface area contributed by atoms with Gasteiger partial charge in [0.2, 0.25) is 0 Å². The molecule has 1 heterocycles. The Morgan fingerprint density at radius 1 is 1.27 bits per heavy atom. The fraction of sp³-hybridized carbons (Fsp3) is 0.650. The van der Waals surface area contributed by atoms with E-state index in [1.54, 1.807) is 12.0 Å². The molecule has 1 aliphatic rings. The Bertz CT molecular complexity index is 543. The summed E-state index contributed by atoms with van der Waals surface area (Å²) in [7, 11) is 1.68. The summed E-state index contributed by atoms with van der Waals surface area (Å²) >= 11 is 0. The van der Waals surface area contributed by atoms with E-state index >= 15 is 0 Å². The minimum atomic E-state index is -0.514. The van der Waals surface area contributed by atoms with Crippen LogP contribution in [0.25, 0.3) is 0 Å². The first-order valence-corrected chi connectivity index (χ1v) is 9.16. The molecular weight excluding hydrogens is 334 g/mol. The zero-order valence-electron chi connectivity index (χ0n) is 16.3. The van der Waals surface area contributed by atoms with Crippen LogP contribution in [0.3, 0.4) is 0 Å². The zero-order valence-corrected chi connectivity index (χ0v) is 16.3. The van der Waals surface area contributed by atoms with Gasteiger partial charge >= 0.3 is 6.09 Å². The molecule has 2 unspecified atom stereocenters. The number of methoxy groups -OCH3 is 1. The first-order valence-electron chi connectivity index (χ1n) is 9.16. The molecule has 2 rings (SSSR count). The van der Waals surface area contributed by atoms with Crippen LogP contribution in [0, 0.1) is 0 Å². The van der Waals surface area contributed by atoms with Crippen LogP contribution in [0.15, 0.2) is 30.3 Å². The topological polar surface area (TPSA) is 57.2 Å². The number of morpholine rings is 1. The Kier molecular flexibility index (Phi) is 7.87. The van der Waals surface area contributed by atoms with Crippen LogP contribution in [-0.4, -0.2) is 62.7 Å². The third kappa shape index (κ3) is 6.59. The molecule has 1 aliphatic heterocycles. The Morgan fingerprint density at radius 3 is 2.65 bits per heavy atom. The number of benzene rings is 1. The number of carbonyl (C=O) groups excluding carboxylic acids is 1. The predicted octanol–water partition coefficient (Wildman–Crippen LogP) is 3.42. The van der Waals surface area contributed by atoms with Crippen LogP contribution in [0.2, 0.25) is 0 Å². The highest BCUT2D eigenvalue weighted by atomic mass is 16.6. The molecule has 2 atom stereocenters. The molecule has 1 fully saturated rings. The SMILES string of the molecule is COCCCOC(c1ccccc1)C1CN(C(=O)OC(C)(C)C)CCO1. The van der Waals surface area contributed by atoms with Gasteiger partial charge in [-0.1, -0.05) is 30.3 Å². The Labute approximate surface area is 156 Å². The van der Waals surface area contributed by atoms with Crippen LogP contribution >= 0.6 is 0 Å². The minimum absolute atomic E-state index is 0.235. The summed E-state index contributed by atoms with van der Waals surface area (Å²) in [6.07, 6.45) is 0.0269. The van der Waals surface area contributed by atoms with Gasteiger partial charge in [-0.05, 0) is 32.8 Å². The molecule has 0 bridgehead atoms. The van der Waals surface area contributed by atoms with Crippen molar-refractivity contribution < 1.29 is 23.7 Å². The molecule has 1 aromatic carbocycles. The summed E-state index contributed by atoms with van der Waals surface area (Å²) in [5, 5.41) is 0. The summed E-state index contributed by atoms with van der Waals surface area (Å²) in [4.78, 5) is 14.1. The second-order valence-electron chi connectivity index (χ2n) is 7.38. The van der Waals surface area contributed by atoms with E-state index in [2.05, 4.69) is 0 Å². The van der Waals surface area contributed by atoms with E-state index in [0.717, 1.165) is 12.0 Å². The van der Waals surface area contributed by atoms with E-state index in [1.165, 1.54) is 0 Å². The third-order valence-corrected chi connectivity index (χ3v) is 4.00. The molecule has 146 valence electrons. The van der Waals surface area contributed by atoms with Gasteiger partial charge in [0.15, 0.2) is 0 Å². The number of ether oxygens (including phenoxy) is 4. The molecule has 1 aromatic rings. The van der Waals surface area contributed by atoms with Crippen molar-refractivity contribution in [2.75, 3.05) is 40.0 Å². The lowest BCUT2D eigenvalue weighted by atomic mass is 10.0. The maximum Gasteiger partial charge on any atom is 0.410 e. The maximum atomic E-state index is 12.4. The van der Waals surface area contributed by atoms with E-state index in [1.807, 2.05) is 51.1 Å². The smallest absolute Gasteiger partial charge is 0.410 e. The number of amides is 1. The molecule has 1 amide bonds. The summed E-state index contributed by atoms with van der Waals surface area (Å²) < 4.78 is 22.7. The van der Waals surface area contributed by atoms with Gasteiger partial charge in [-0.2, -0.15) is 0 Å². The monoisotopic (exact) mass is 365 g/mol. The van der Waals surface area contributed by atoms with Crippen LogP contribution in [-0.2, 0) is 18.9 Å². The molecular formula is C20H31NO5. The molecule has 6 nitrogen and oxygen atoms in total. The molecule has 0 N–H and O–H groups in total. The molecule has 26 heavy (non-hydrogen) atoms. The molecule has 0 aromatic heterocycles. The minimum Gasteiger partial charge on any atom is -0.444 e. The van der Waals surface area contributed by atoms with E-state index < -0.39 is 5.60 Å². The van der Waals surface area contributed by atoms with Crippen molar-refractivity contribution in [3.63, 3.8) is 0 Å². The van der Waals surface area contributed by atoms with Gasteiger partial charge in [0, 0.05) is 26.9 Å². The first-order chi connectivity index (χ1) is 12.4. The second-order valence-corrected chi connectivity index (χ2v) is 7.38. The van der Waals surface area contributed by atoms with Crippen LogP contribution < -0.4 is 0 Å². The number of hydrogen-bond donors (Lipinski definition) is 0. The van der Waals surface area contributed by atoms with E-state index in [-0.39, 0.29) is 18.3 Å².